The maximum absolute atomic E-state index is 2.94. The van der Waals surface area contributed by atoms with Crippen LogP contribution >= 0.6 is 0 Å². The third-order valence-corrected chi connectivity index (χ3v) is 18.7. The Kier molecular flexibility index (Phi) is 8.48. The molecule has 336 valence electrons. The molecule has 0 radical (unpaired) electrons. The van der Waals surface area contributed by atoms with Gasteiger partial charge in [-0.1, -0.05) is 168 Å². The summed E-state index contributed by atoms with van der Waals surface area (Å²) < 4.78 is 0. The van der Waals surface area contributed by atoms with Gasteiger partial charge >= 0.3 is 0 Å². The molecule has 66 heavy (non-hydrogen) atoms. The average Bonchev–Trinajstić information content (AvgIpc) is 3.62. The fraction of sp³-hybridized carbons (Fsp3) is 0.419. The quantitative estimate of drug-likeness (QED) is 0.160. The summed E-state index contributed by atoms with van der Waals surface area (Å²) in [6.07, 6.45) is 7.10. The Bertz CT molecular complexity index is 3030. The molecule has 4 aliphatic heterocycles. The molecular weight excluding hydrogens is 798 g/mol. The molecule has 0 amide bonds. The molecule has 0 bridgehead atoms. The Hall–Kier alpha value is -5.22. The zero-order chi connectivity index (χ0) is 46.3. The number of nitrogens with zero attached hydrogens (tertiary/aromatic N) is 3. The van der Waals surface area contributed by atoms with Crippen molar-refractivity contribution in [1.29, 1.82) is 0 Å². The number of para-hydroxylation sites is 1. The second-order valence-electron chi connectivity index (χ2n) is 25.3. The summed E-state index contributed by atoms with van der Waals surface area (Å²) >= 11 is 0. The van der Waals surface area contributed by atoms with Crippen molar-refractivity contribution in [3.63, 3.8) is 0 Å². The molecule has 12 rings (SSSR count). The molecule has 4 heteroatoms. The van der Waals surface area contributed by atoms with Crippen LogP contribution in [0.25, 0.3) is 0 Å². The molecule has 1 saturated carbocycles. The van der Waals surface area contributed by atoms with Crippen LogP contribution in [0.3, 0.4) is 0 Å². The number of benzene rings is 6. The van der Waals surface area contributed by atoms with E-state index in [4.69, 9.17) is 0 Å². The zero-order valence-corrected chi connectivity index (χ0v) is 42.1. The molecule has 6 aromatic carbocycles. The van der Waals surface area contributed by atoms with Crippen LogP contribution in [-0.4, -0.2) is 12.3 Å². The van der Waals surface area contributed by atoms with Gasteiger partial charge in [0.25, 0.3) is 6.71 Å². The number of hydrogen-bond acceptors (Lipinski definition) is 3. The zero-order valence-electron chi connectivity index (χ0n) is 42.1. The first kappa shape index (κ1) is 42.2. The Labute approximate surface area is 396 Å². The van der Waals surface area contributed by atoms with Crippen LogP contribution in [-0.2, 0) is 39.0 Å². The highest BCUT2D eigenvalue weighted by atomic mass is 15.3. The largest absolute Gasteiger partial charge is 0.335 e. The SMILES string of the molecule is CC(C)(C)c1ccc(N2c3ccc(C(C)(C)C)cc3B3c4cc(C(C)(C)C)cc5c4N(c4cc(N6c7ccccc7C7(C)CCc8ccccc8C67C)cc2c43)C2(C)CCCCC52C)cc1. The van der Waals surface area contributed by atoms with Gasteiger partial charge in [0, 0.05) is 50.6 Å². The van der Waals surface area contributed by atoms with E-state index in [9.17, 15) is 0 Å². The predicted molar refractivity (Wildman–Crippen MR) is 283 cm³/mol. The minimum Gasteiger partial charge on any atom is -0.335 e. The van der Waals surface area contributed by atoms with Gasteiger partial charge in [-0.15, -0.1) is 0 Å². The fourth-order valence-electron chi connectivity index (χ4n) is 14.4. The summed E-state index contributed by atoms with van der Waals surface area (Å²) in [5.41, 5.74) is 23.5. The highest BCUT2D eigenvalue weighted by Gasteiger charge is 2.63. The molecular formula is C62H70BN3. The first-order valence-electron chi connectivity index (χ1n) is 25.3. The third kappa shape index (κ3) is 5.28. The van der Waals surface area contributed by atoms with Crippen molar-refractivity contribution in [3.05, 3.63) is 154 Å². The van der Waals surface area contributed by atoms with Crippen molar-refractivity contribution in [2.75, 3.05) is 14.7 Å². The second kappa shape index (κ2) is 13.3. The highest BCUT2D eigenvalue weighted by molar-refractivity contribution is 7.00. The third-order valence-electron chi connectivity index (χ3n) is 18.7. The Morgan fingerprint density at radius 2 is 1.09 bits per heavy atom. The highest BCUT2D eigenvalue weighted by Crippen LogP contribution is 2.66. The normalized spacial score (nSPS) is 25.7. The van der Waals surface area contributed by atoms with Crippen LogP contribution in [0.15, 0.2) is 115 Å². The van der Waals surface area contributed by atoms with Gasteiger partial charge in [0.15, 0.2) is 0 Å². The van der Waals surface area contributed by atoms with Crippen molar-refractivity contribution in [2.45, 2.75) is 167 Å². The standard InChI is InChI=1S/C62H70BN3/c1-56(2,3)40-24-27-43(28-25-40)64-51-29-26-41(57(4,5)6)35-48(51)63-49-36-42(58(7,8)9)34-47-55(49)66(61(12)32-19-18-31-59(47,61)10)53-38-44(37-52(64)54(53)63)65-50-23-17-16-22-46(50)60(11)33-30-39-20-14-15-21-45(39)62(60,65)13/h14-17,20-29,34-38H,18-19,30-33H2,1-13H3. The van der Waals surface area contributed by atoms with Gasteiger partial charge in [-0.25, -0.2) is 0 Å². The van der Waals surface area contributed by atoms with Gasteiger partial charge in [0.05, 0.1) is 11.1 Å². The van der Waals surface area contributed by atoms with Crippen LogP contribution in [0.2, 0.25) is 0 Å². The van der Waals surface area contributed by atoms with Crippen molar-refractivity contribution in [1.82, 2.24) is 0 Å². The molecule has 0 spiro atoms. The lowest BCUT2D eigenvalue weighted by atomic mass is 9.33. The molecule has 1 fully saturated rings. The molecule has 6 aromatic rings. The summed E-state index contributed by atoms with van der Waals surface area (Å²) in [5.74, 6) is 0. The van der Waals surface area contributed by atoms with Gasteiger partial charge in [-0.2, -0.15) is 0 Å². The second-order valence-corrected chi connectivity index (χ2v) is 25.3. The smallest absolute Gasteiger partial charge is 0.252 e. The van der Waals surface area contributed by atoms with E-state index in [0.29, 0.717) is 0 Å². The average molecular weight is 868 g/mol. The van der Waals surface area contributed by atoms with E-state index in [-0.39, 0.29) is 44.9 Å². The molecule has 0 saturated heterocycles. The van der Waals surface area contributed by atoms with E-state index >= 15 is 0 Å². The maximum atomic E-state index is 2.94. The van der Waals surface area contributed by atoms with Gasteiger partial charge in [-0.3, -0.25) is 0 Å². The van der Waals surface area contributed by atoms with E-state index in [1.165, 1.54) is 115 Å². The number of rotatable bonds is 2. The summed E-state index contributed by atoms with van der Waals surface area (Å²) in [4.78, 5) is 8.42. The minimum atomic E-state index is -0.313. The molecule has 0 N–H and O–H groups in total. The van der Waals surface area contributed by atoms with Crippen molar-refractivity contribution < 1.29 is 0 Å². The Balaban J connectivity index is 1.23. The number of aryl methyl sites for hydroxylation is 1. The van der Waals surface area contributed by atoms with Crippen LogP contribution < -0.4 is 31.1 Å². The number of anilines is 7. The minimum absolute atomic E-state index is 0.000457. The van der Waals surface area contributed by atoms with E-state index < -0.39 is 0 Å². The fourth-order valence-corrected chi connectivity index (χ4v) is 14.4. The number of hydrogen-bond donors (Lipinski definition) is 0. The van der Waals surface area contributed by atoms with Crippen LogP contribution in [0.1, 0.15) is 161 Å². The molecule has 6 aliphatic rings. The Morgan fingerprint density at radius 3 is 1.80 bits per heavy atom. The number of fused-ring (bicyclic) bond motifs is 12. The summed E-state index contributed by atoms with van der Waals surface area (Å²) in [6.45, 7) is 31.9. The molecule has 4 unspecified atom stereocenters. The molecule has 3 nitrogen and oxygen atoms in total. The molecule has 4 heterocycles. The Morgan fingerprint density at radius 1 is 0.470 bits per heavy atom. The van der Waals surface area contributed by atoms with Gasteiger partial charge in [-0.05, 0) is 148 Å². The van der Waals surface area contributed by atoms with E-state index in [1.807, 2.05) is 0 Å². The molecule has 4 atom stereocenters. The van der Waals surface area contributed by atoms with Gasteiger partial charge in [0.2, 0.25) is 0 Å². The summed E-state index contributed by atoms with van der Waals surface area (Å²) in [5, 5.41) is 0. The topological polar surface area (TPSA) is 9.72 Å². The molecule has 0 aromatic heterocycles. The van der Waals surface area contributed by atoms with Crippen molar-refractivity contribution in [2.24, 2.45) is 0 Å². The monoisotopic (exact) mass is 868 g/mol. The molecule has 2 aliphatic carbocycles. The first-order chi connectivity index (χ1) is 31.1. The van der Waals surface area contributed by atoms with Crippen LogP contribution in [0.5, 0.6) is 0 Å². The predicted octanol–water partition coefficient (Wildman–Crippen LogP) is 14.2. The summed E-state index contributed by atoms with van der Waals surface area (Å²) in [7, 11) is 0. The van der Waals surface area contributed by atoms with Gasteiger partial charge < -0.3 is 14.7 Å². The van der Waals surface area contributed by atoms with Crippen molar-refractivity contribution in [3.8, 4) is 0 Å². The lowest BCUT2D eigenvalue weighted by molar-refractivity contribution is 0.195. The van der Waals surface area contributed by atoms with E-state index in [0.717, 1.165) is 12.8 Å². The summed E-state index contributed by atoms with van der Waals surface area (Å²) in [6, 6.07) is 46.5. The van der Waals surface area contributed by atoms with Crippen LogP contribution in [0, 0.1) is 0 Å². The van der Waals surface area contributed by atoms with Crippen molar-refractivity contribution >= 4 is 62.9 Å². The van der Waals surface area contributed by atoms with Gasteiger partial charge in [0.1, 0.15) is 0 Å². The van der Waals surface area contributed by atoms with E-state index in [1.54, 1.807) is 5.56 Å². The van der Waals surface area contributed by atoms with Crippen LogP contribution in [0.4, 0.5) is 39.8 Å². The first-order valence-corrected chi connectivity index (χ1v) is 25.3. The van der Waals surface area contributed by atoms with E-state index in [2.05, 4.69) is 220 Å². The lowest BCUT2D eigenvalue weighted by Gasteiger charge is -2.54. The maximum Gasteiger partial charge on any atom is 0.252 e. The lowest BCUT2D eigenvalue weighted by Crippen LogP contribution is -2.64.